The van der Waals surface area contributed by atoms with Crippen LogP contribution in [0.3, 0.4) is 0 Å². The molecular formula is C14H16ClN3O2S. The predicted molar refractivity (Wildman–Crippen MR) is 85.0 cm³/mol. The van der Waals surface area contributed by atoms with Gasteiger partial charge in [0.2, 0.25) is 5.91 Å². The Morgan fingerprint density at radius 3 is 2.95 bits per heavy atom. The first-order valence-electron chi connectivity index (χ1n) is 7.01. The highest BCUT2D eigenvalue weighted by molar-refractivity contribution is 7.18. The molecule has 21 heavy (non-hydrogen) atoms. The molecule has 0 saturated heterocycles. The van der Waals surface area contributed by atoms with Crippen molar-refractivity contribution in [2.45, 2.75) is 39.0 Å². The van der Waals surface area contributed by atoms with E-state index in [1.54, 1.807) is 18.3 Å². The van der Waals surface area contributed by atoms with Gasteiger partial charge in [0.05, 0.1) is 5.39 Å². The van der Waals surface area contributed by atoms with Crippen molar-refractivity contribution in [1.82, 2.24) is 9.66 Å². The van der Waals surface area contributed by atoms with Gasteiger partial charge in [0.15, 0.2) is 0 Å². The molecule has 1 aliphatic carbocycles. The molecular weight excluding hydrogens is 310 g/mol. The van der Waals surface area contributed by atoms with Gasteiger partial charge in [-0.05, 0) is 38.2 Å². The fraction of sp³-hybridized carbons (Fsp3) is 0.500. The lowest BCUT2D eigenvalue weighted by atomic mass is 9.97. The number of amides is 1. The number of nitrogens with zero attached hydrogens (tertiary/aromatic N) is 2. The maximum atomic E-state index is 12.7. The number of aromatic nitrogens is 2. The second-order valence-corrected chi connectivity index (χ2v) is 6.63. The normalized spacial score (nSPS) is 14.2. The van der Waals surface area contributed by atoms with Crippen molar-refractivity contribution in [3.05, 3.63) is 26.6 Å². The summed E-state index contributed by atoms with van der Waals surface area (Å²) in [7, 11) is 0. The number of hydrogen-bond acceptors (Lipinski definition) is 4. The van der Waals surface area contributed by atoms with Crippen molar-refractivity contribution in [1.29, 1.82) is 0 Å². The van der Waals surface area contributed by atoms with Gasteiger partial charge >= 0.3 is 0 Å². The SMILES string of the molecule is Cc1nc2sc3c(c2c(=O)n1NC(=O)CCCl)CCCC3. The second-order valence-electron chi connectivity index (χ2n) is 5.16. The minimum atomic E-state index is -0.277. The van der Waals surface area contributed by atoms with Crippen molar-refractivity contribution < 1.29 is 4.79 Å². The van der Waals surface area contributed by atoms with Gasteiger partial charge in [-0.3, -0.25) is 15.0 Å². The fourth-order valence-electron chi connectivity index (χ4n) is 2.70. The summed E-state index contributed by atoms with van der Waals surface area (Å²) in [5.41, 5.74) is 3.53. The predicted octanol–water partition coefficient (Wildman–Crippen LogP) is 2.34. The molecule has 0 unspecified atom stereocenters. The molecule has 7 heteroatoms. The molecule has 112 valence electrons. The quantitative estimate of drug-likeness (QED) is 0.881. The summed E-state index contributed by atoms with van der Waals surface area (Å²) >= 11 is 7.16. The van der Waals surface area contributed by atoms with Crippen LogP contribution in [0.25, 0.3) is 10.2 Å². The first kappa shape index (κ1) is 14.5. The third-order valence-electron chi connectivity index (χ3n) is 3.71. The minimum absolute atomic E-state index is 0.174. The fourth-order valence-corrected chi connectivity index (χ4v) is 4.17. The Bertz CT molecular complexity index is 766. The molecule has 2 aromatic heterocycles. The molecule has 1 N–H and O–H groups in total. The van der Waals surface area contributed by atoms with Crippen LogP contribution in [0.15, 0.2) is 4.79 Å². The Kier molecular flexibility index (Phi) is 3.99. The number of alkyl halides is 1. The molecule has 1 amide bonds. The molecule has 0 bridgehead atoms. The lowest BCUT2D eigenvalue weighted by Gasteiger charge is -2.12. The Hall–Kier alpha value is -1.40. The Morgan fingerprint density at radius 1 is 1.43 bits per heavy atom. The summed E-state index contributed by atoms with van der Waals surface area (Å²) in [4.78, 5) is 30.9. The van der Waals surface area contributed by atoms with E-state index >= 15 is 0 Å². The van der Waals surface area contributed by atoms with Gasteiger partial charge < -0.3 is 0 Å². The van der Waals surface area contributed by atoms with Crippen LogP contribution in [0.5, 0.6) is 0 Å². The molecule has 0 saturated carbocycles. The molecule has 3 rings (SSSR count). The summed E-state index contributed by atoms with van der Waals surface area (Å²) in [5.74, 6) is 0.442. The summed E-state index contributed by atoms with van der Waals surface area (Å²) in [5, 5.41) is 0.673. The Morgan fingerprint density at radius 2 is 2.19 bits per heavy atom. The largest absolute Gasteiger partial charge is 0.281 e. The summed E-state index contributed by atoms with van der Waals surface area (Å²) in [6.45, 7) is 1.72. The van der Waals surface area contributed by atoms with Crippen molar-refractivity contribution in [3.63, 3.8) is 0 Å². The van der Waals surface area contributed by atoms with E-state index in [9.17, 15) is 9.59 Å². The third kappa shape index (κ3) is 2.58. The zero-order valence-corrected chi connectivity index (χ0v) is 13.3. The van der Waals surface area contributed by atoms with Gasteiger partial charge in [-0.1, -0.05) is 0 Å². The first-order valence-corrected chi connectivity index (χ1v) is 8.36. The lowest BCUT2D eigenvalue weighted by Crippen LogP contribution is -2.35. The number of nitrogens with one attached hydrogen (secondary N) is 1. The molecule has 1 aliphatic rings. The van der Waals surface area contributed by atoms with Gasteiger partial charge in [0.25, 0.3) is 5.56 Å². The highest BCUT2D eigenvalue weighted by atomic mass is 35.5. The highest BCUT2D eigenvalue weighted by Crippen LogP contribution is 2.33. The number of fused-ring (bicyclic) bond motifs is 3. The van der Waals surface area contributed by atoms with Crippen LogP contribution in [0, 0.1) is 6.92 Å². The van der Waals surface area contributed by atoms with Crippen molar-refractivity contribution in [3.8, 4) is 0 Å². The number of hydrogen-bond donors (Lipinski definition) is 1. The number of thiophene rings is 1. The van der Waals surface area contributed by atoms with Crippen LogP contribution >= 0.6 is 22.9 Å². The molecule has 0 spiro atoms. The van der Waals surface area contributed by atoms with E-state index in [-0.39, 0.29) is 23.8 Å². The third-order valence-corrected chi connectivity index (χ3v) is 5.09. The maximum Gasteiger partial charge on any atom is 0.281 e. The standard InChI is InChI=1S/C14H16ClN3O2S/c1-8-16-13-12(9-4-2-3-5-10(9)21-13)14(20)18(8)17-11(19)6-7-15/h2-7H2,1H3,(H,17,19). The van der Waals surface area contributed by atoms with E-state index in [4.69, 9.17) is 11.6 Å². The summed E-state index contributed by atoms with van der Waals surface area (Å²) in [6, 6.07) is 0. The Balaban J connectivity index is 2.13. The summed E-state index contributed by atoms with van der Waals surface area (Å²) < 4.78 is 1.25. The molecule has 5 nitrogen and oxygen atoms in total. The van der Waals surface area contributed by atoms with E-state index in [1.807, 2.05) is 0 Å². The van der Waals surface area contributed by atoms with E-state index in [0.29, 0.717) is 11.2 Å². The molecule has 0 fully saturated rings. The average molecular weight is 326 g/mol. The van der Waals surface area contributed by atoms with Crippen LogP contribution in [-0.4, -0.2) is 21.4 Å². The molecule has 0 aromatic carbocycles. The topological polar surface area (TPSA) is 64.0 Å². The van der Waals surface area contributed by atoms with Crippen molar-refractivity contribution >= 4 is 39.1 Å². The van der Waals surface area contributed by atoms with E-state index in [0.717, 1.165) is 29.7 Å². The molecule has 2 aromatic rings. The van der Waals surface area contributed by atoms with Gasteiger partial charge in [-0.2, -0.15) is 0 Å². The van der Waals surface area contributed by atoms with E-state index < -0.39 is 0 Å². The van der Waals surface area contributed by atoms with Crippen molar-refractivity contribution in [2.24, 2.45) is 0 Å². The molecule has 2 heterocycles. The van der Waals surface area contributed by atoms with Gasteiger partial charge in [-0.25, -0.2) is 9.66 Å². The first-order chi connectivity index (χ1) is 10.1. The Labute approximate surface area is 130 Å². The molecule has 0 aliphatic heterocycles. The van der Waals surface area contributed by atoms with Crippen molar-refractivity contribution in [2.75, 3.05) is 11.3 Å². The van der Waals surface area contributed by atoms with Crippen LogP contribution in [-0.2, 0) is 17.6 Å². The average Bonchev–Trinajstić information content (AvgIpc) is 2.81. The minimum Gasteiger partial charge on any atom is -0.273 e. The van der Waals surface area contributed by atoms with Crippen LogP contribution in [0.4, 0.5) is 0 Å². The molecule has 0 atom stereocenters. The second kappa shape index (κ2) is 5.77. The summed E-state index contributed by atoms with van der Waals surface area (Å²) in [6.07, 6.45) is 4.38. The maximum absolute atomic E-state index is 12.7. The van der Waals surface area contributed by atoms with Crippen LogP contribution < -0.4 is 11.0 Å². The molecule has 0 radical (unpaired) electrons. The smallest absolute Gasteiger partial charge is 0.273 e. The number of rotatable bonds is 3. The number of carbonyl (C=O) groups is 1. The van der Waals surface area contributed by atoms with E-state index in [2.05, 4.69) is 10.4 Å². The lowest BCUT2D eigenvalue weighted by molar-refractivity contribution is -0.116. The van der Waals surface area contributed by atoms with Crippen LogP contribution in [0.1, 0.15) is 35.5 Å². The zero-order valence-electron chi connectivity index (χ0n) is 11.7. The number of aryl methyl sites for hydroxylation is 3. The highest BCUT2D eigenvalue weighted by Gasteiger charge is 2.21. The van der Waals surface area contributed by atoms with Crippen LogP contribution in [0.2, 0.25) is 0 Å². The van der Waals surface area contributed by atoms with Gasteiger partial charge in [0.1, 0.15) is 10.7 Å². The zero-order chi connectivity index (χ0) is 15.0. The van der Waals surface area contributed by atoms with E-state index in [1.165, 1.54) is 16.0 Å². The van der Waals surface area contributed by atoms with Gasteiger partial charge in [0, 0.05) is 17.2 Å². The monoisotopic (exact) mass is 325 g/mol. The number of carbonyl (C=O) groups excluding carboxylic acids is 1. The number of halogens is 1. The van der Waals surface area contributed by atoms with Gasteiger partial charge in [-0.15, -0.1) is 22.9 Å².